The quantitative estimate of drug-likeness (QED) is 0.660. The third-order valence-corrected chi connectivity index (χ3v) is 6.41. The zero-order chi connectivity index (χ0) is 21.5. The van der Waals surface area contributed by atoms with Crippen LogP contribution in [0.4, 0.5) is 5.69 Å². The van der Waals surface area contributed by atoms with Crippen molar-refractivity contribution in [1.29, 1.82) is 0 Å². The van der Waals surface area contributed by atoms with E-state index in [1.165, 1.54) is 0 Å². The zero-order valence-electron chi connectivity index (χ0n) is 17.1. The maximum absolute atomic E-state index is 13.4. The largest absolute Gasteiger partial charge is 0.375 e. The van der Waals surface area contributed by atoms with E-state index >= 15 is 0 Å². The number of hydrazine groups is 1. The summed E-state index contributed by atoms with van der Waals surface area (Å²) in [7, 11) is 0. The van der Waals surface area contributed by atoms with Crippen LogP contribution in [0.25, 0.3) is 0 Å². The number of nitrogens with one attached hydrogen (secondary N) is 2. The fraction of sp³-hybridized carbons (Fsp3) is 0.391. The number of halogens is 1. The molecule has 2 aromatic rings. The number of hydrogen-bond acceptors (Lipinski definition) is 5. The van der Waals surface area contributed by atoms with Gasteiger partial charge in [-0.3, -0.25) is 20.4 Å². The van der Waals surface area contributed by atoms with Gasteiger partial charge in [0.25, 0.3) is 5.91 Å². The van der Waals surface area contributed by atoms with Crippen LogP contribution in [0.15, 0.2) is 48.5 Å². The molecule has 0 bridgehead atoms. The van der Waals surface area contributed by atoms with Crippen LogP contribution < -0.4 is 15.8 Å². The van der Waals surface area contributed by atoms with Crippen molar-refractivity contribution in [2.24, 2.45) is 5.92 Å². The summed E-state index contributed by atoms with van der Waals surface area (Å²) >= 11 is 6.18. The number of hydrogen-bond donors (Lipinski definition) is 3. The molecule has 3 unspecified atom stereocenters. The topological polar surface area (TPSA) is 81.7 Å². The number of benzene rings is 2. The van der Waals surface area contributed by atoms with Crippen LogP contribution in [0.5, 0.6) is 0 Å². The first-order valence-corrected chi connectivity index (χ1v) is 10.6. The van der Waals surface area contributed by atoms with Crippen LogP contribution in [0.3, 0.4) is 0 Å². The standard InChI is InChI=1S/C23H26ClN3O3/c1-14-21(15(2)26-25-14)20(28)13-23(30)18-12-17(24)8-9-19(18)27(22(23)29)11-10-16-6-4-3-5-7-16/h3-9,12,14-15,21,25-26,30H,10-11,13H2,1-2H3. The number of nitrogens with zero attached hydrogens (tertiary/aromatic N) is 1. The second kappa shape index (κ2) is 8.12. The van der Waals surface area contributed by atoms with Crippen LogP contribution in [0, 0.1) is 5.92 Å². The molecule has 0 radical (unpaired) electrons. The van der Waals surface area contributed by atoms with Crippen molar-refractivity contribution < 1.29 is 14.7 Å². The monoisotopic (exact) mass is 427 g/mol. The van der Waals surface area contributed by atoms with E-state index in [1.54, 1.807) is 23.1 Å². The number of rotatable bonds is 6. The summed E-state index contributed by atoms with van der Waals surface area (Å²) in [5, 5.41) is 11.9. The molecule has 2 heterocycles. The summed E-state index contributed by atoms with van der Waals surface area (Å²) in [5.74, 6) is -0.953. The summed E-state index contributed by atoms with van der Waals surface area (Å²) in [6.07, 6.45) is 0.368. The van der Waals surface area contributed by atoms with E-state index in [0.29, 0.717) is 29.2 Å². The lowest BCUT2D eigenvalue weighted by atomic mass is 9.82. The molecule has 2 aliphatic heterocycles. The number of ketones is 1. The number of carbonyl (C=O) groups excluding carboxylic acids is 2. The van der Waals surface area contributed by atoms with E-state index < -0.39 is 11.5 Å². The molecule has 1 fully saturated rings. The molecule has 0 saturated carbocycles. The number of carbonyl (C=O) groups is 2. The molecule has 6 nitrogen and oxygen atoms in total. The molecule has 3 N–H and O–H groups in total. The van der Waals surface area contributed by atoms with Crippen LogP contribution in [-0.4, -0.2) is 35.4 Å². The van der Waals surface area contributed by atoms with Crippen molar-refractivity contribution in [3.05, 3.63) is 64.7 Å². The Labute approximate surface area is 181 Å². The lowest BCUT2D eigenvalue weighted by Crippen LogP contribution is -2.45. The van der Waals surface area contributed by atoms with Crippen molar-refractivity contribution in [3.63, 3.8) is 0 Å². The predicted molar refractivity (Wildman–Crippen MR) is 116 cm³/mol. The van der Waals surface area contributed by atoms with Crippen LogP contribution in [-0.2, 0) is 21.6 Å². The van der Waals surface area contributed by atoms with Crippen LogP contribution >= 0.6 is 11.6 Å². The van der Waals surface area contributed by atoms with Crippen molar-refractivity contribution in [2.75, 3.05) is 11.4 Å². The molecule has 2 aromatic carbocycles. The second-order valence-electron chi connectivity index (χ2n) is 8.25. The van der Waals surface area contributed by atoms with E-state index in [2.05, 4.69) is 10.9 Å². The van der Waals surface area contributed by atoms with E-state index in [4.69, 9.17) is 11.6 Å². The van der Waals surface area contributed by atoms with Gasteiger partial charge < -0.3 is 10.0 Å². The maximum atomic E-state index is 13.4. The van der Waals surface area contributed by atoms with Gasteiger partial charge in [0.15, 0.2) is 5.60 Å². The lowest BCUT2D eigenvalue weighted by Gasteiger charge is -2.25. The average Bonchev–Trinajstić information content (AvgIpc) is 3.16. The molecule has 158 valence electrons. The number of amides is 1. The summed E-state index contributed by atoms with van der Waals surface area (Å²) in [4.78, 5) is 28.1. The number of Topliss-reactive ketones (excluding diaryl/α,β-unsaturated/α-hetero) is 1. The lowest BCUT2D eigenvalue weighted by molar-refractivity contribution is -0.143. The summed E-state index contributed by atoms with van der Waals surface area (Å²) in [6.45, 7) is 4.24. The molecule has 7 heteroatoms. The first-order chi connectivity index (χ1) is 14.3. The number of fused-ring (bicyclic) bond motifs is 1. The van der Waals surface area contributed by atoms with Crippen molar-refractivity contribution in [3.8, 4) is 0 Å². The molecule has 0 aliphatic carbocycles. The van der Waals surface area contributed by atoms with Crippen molar-refractivity contribution in [2.45, 2.75) is 44.4 Å². The first kappa shape index (κ1) is 21.0. The SMILES string of the molecule is CC1NNC(C)C1C(=O)CC1(O)C(=O)N(CCc2ccccc2)c2ccc(Cl)cc21. The van der Waals surface area contributed by atoms with Gasteiger partial charge in [-0.1, -0.05) is 41.9 Å². The highest BCUT2D eigenvalue weighted by atomic mass is 35.5. The Kier molecular flexibility index (Phi) is 5.68. The van der Waals surface area contributed by atoms with Gasteiger partial charge in [0.1, 0.15) is 5.78 Å². The van der Waals surface area contributed by atoms with Gasteiger partial charge in [-0.2, -0.15) is 0 Å². The fourth-order valence-electron chi connectivity index (χ4n) is 4.60. The summed E-state index contributed by atoms with van der Waals surface area (Å²) in [5.41, 5.74) is 6.31. The minimum atomic E-state index is -1.91. The molecular formula is C23H26ClN3O3. The summed E-state index contributed by atoms with van der Waals surface area (Å²) < 4.78 is 0. The Morgan fingerprint density at radius 1 is 1.13 bits per heavy atom. The van der Waals surface area contributed by atoms with E-state index in [0.717, 1.165) is 5.56 Å². The average molecular weight is 428 g/mol. The van der Waals surface area contributed by atoms with Gasteiger partial charge >= 0.3 is 0 Å². The molecule has 0 spiro atoms. The smallest absolute Gasteiger partial charge is 0.264 e. The van der Waals surface area contributed by atoms with Crippen LogP contribution in [0.2, 0.25) is 5.02 Å². The fourth-order valence-corrected chi connectivity index (χ4v) is 4.78. The van der Waals surface area contributed by atoms with Gasteiger partial charge in [0.05, 0.1) is 11.6 Å². The van der Waals surface area contributed by atoms with Gasteiger partial charge in [0, 0.05) is 35.6 Å². The van der Waals surface area contributed by atoms with Crippen molar-refractivity contribution >= 4 is 29.0 Å². The number of anilines is 1. The van der Waals surface area contributed by atoms with Gasteiger partial charge in [-0.05, 0) is 44.0 Å². The normalized spacial score (nSPS) is 28.1. The Hall–Kier alpha value is -2.25. The molecule has 1 amide bonds. The molecule has 3 atom stereocenters. The van der Waals surface area contributed by atoms with Crippen LogP contribution in [0.1, 0.15) is 31.4 Å². The first-order valence-electron chi connectivity index (χ1n) is 10.2. The third kappa shape index (κ3) is 3.65. The van der Waals surface area contributed by atoms with E-state index in [-0.39, 0.29) is 30.2 Å². The molecule has 2 aliphatic rings. The minimum Gasteiger partial charge on any atom is -0.375 e. The zero-order valence-corrected chi connectivity index (χ0v) is 17.8. The Bertz CT molecular complexity index is 957. The molecular weight excluding hydrogens is 402 g/mol. The Morgan fingerprint density at radius 2 is 1.80 bits per heavy atom. The molecule has 1 saturated heterocycles. The van der Waals surface area contributed by atoms with Crippen molar-refractivity contribution in [1.82, 2.24) is 10.9 Å². The molecule has 4 rings (SSSR count). The predicted octanol–water partition coefficient (Wildman–Crippen LogP) is 2.58. The van der Waals surface area contributed by atoms with Gasteiger partial charge in [-0.25, -0.2) is 0 Å². The maximum Gasteiger partial charge on any atom is 0.264 e. The summed E-state index contributed by atoms with van der Waals surface area (Å²) in [6, 6.07) is 14.7. The minimum absolute atomic E-state index is 0.0828. The van der Waals surface area contributed by atoms with Gasteiger partial charge in [0.2, 0.25) is 0 Å². The van der Waals surface area contributed by atoms with E-state index in [1.807, 2.05) is 44.2 Å². The Balaban J connectivity index is 1.62. The molecule has 30 heavy (non-hydrogen) atoms. The van der Waals surface area contributed by atoms with Gasteiger partial charge in [-0.15, -0.1) is 0 Å². The number of aliphatic hydroxyl groups is 1. The highest BCUT2D eigenvalue weighted by molar-refractivity contribution is 6.31. The third-order valence-electron chi connectivity index (χ3n) is 6.18. The highest BCUT2D eigenvalue weighted by Gasteiger charge is 2.52. The Morgan fingerprint density at radius 3 is 2.47 bits per heavy atom. The van der Waals surface area contributed by atoms with E-state index in [9.17, 15) is 14.7 Å². The molecule has 0 aromatic heterocycles. The second-order valence-corrected chi connectivity index (χ2v) is 8.69. The highest BCUT2D eigenvalue weighted by Crippen LogP contribution is 2.44.